The molecule has 4 rings (SSSR count). The summed E-state index contributed by atoms with van der Waals surface area (Å²) in [6, 6.07) is 35.9. The van der Waals surface area contributed by atoms with E-state index in [0.29, 0.717) is 0 Å². The molecule has 0 spiro atoms. The summed E-state index contributed by atoms with van der Waals surface area (Å²) in [4.78, 5) is 12.5. The number of ketones is 1. The van der Waals surface area contributed by atoms with E-state index < -0.39 is 23.3 Å². The molecule has 0 heterocycles. The van der Waals surface area contributed by atoms with Gasteiger partial charge in [-0.3, -0.25) is 4.79 Å². The van der Waals surface area contributed by atoms with Gasteiger partial charge in [0.15, 0.2) is 5.78 Å². The van der Waals surface area contributed by atoms with Gasteiger partial charge in [0.1, 0.15) is 18.0 Å². The highest BCUT2D eigenvalue weighted by molar-refractivity contribution is 5.97. The van der Waals surface area contributed by atoms with Gasteiger partial charge in [-0.25, -0.2) is 4.39 Å². The number of rotatable bonds is 11. The van der Waals surface area contributed by atoms with Gasteiger partial charge in [-0.15, -0.1) is 6.58 Å². The van der Waals surface area contributed by atoms with Crippen molar-refractivity contribution in [3.05, 3.63) is 156 Å². The summed E-state index contributed by atoms with van der Waals surface area (Å²) < 4.78 is 26.5. The van der Waals surface area contributed by atoms with Crippen molar-refractivity contribution in [2.24, 2.45) is 0 Å². The summed E-state index contributed by atoms with van der Waals surface area (Å²) in [6.07, 6.45) is 1.02. The first kappa shape index (κ1) is 24.3. The van der Waals surface area contributed by atoms with Crippen LogP contribution in [-0.2, 0) is 15.1 Å². The minimum absolute atomic E-state index is 0.00318. The Labute approximate surface area is 205 Å². The lowest BCUT2D eigenvalue weighted by Crippen LogP contribution is -2.36. The molecule has 0 radical (unpaired) electrons. The predicted molar refractivity (Wildman–Crippen MR) is 136 cm³/mol. The first-order valence-corrected chi connectivity index (χ1v) is 11.5. The minimum atomic E-state index is -0.913. The van der Waals surface area contributed by atoms with Crippen LogP contribution in [0.3, 0.4) is 0 Å². The van der Waals surface area contributed by atoms with Crippen molar-refractivity contribution in [3.63, 3.8) is 0 Å². The molecule has 35 heavy (non-hydrogen) atoms. The second-order valence-corrected chi connectivity index (χ2v) is 8.08. The highest BCUT2D eigenvalue weighted by Crippen LogP contribution is 2.40. The van der Waals surface area contributed by atoms with Crippen molar-refractivity contribution >= 4 is 5.78 Å². The van der Waals surface area contributed by atoms with Crippen molar-refractivity contribution < 1.29 is 18.7 Å². The first-order chi connectivity index (χ1) is 17.1. The maximum atomic E-state index is 14.0. The molecular weight excluding hydrogens is 439 g/mol. The summed E-state index contributed by atoms with van der Waals surface area (Å²) in [7, 11) is 0. The van der Waals surface area contributed by atoms with Gasteiger partial charge in [-0.2, -0.15) is 0 Å². The molecule has 3 nitrogen and oxygen atoms in total. The SMILES string of the molecule is C=CC(COC(c1ccccc1)(c1ccccc1)c1ccccc1)OCC(=O)c1ccccc1F. The number of benzene rings is 4. The number of ether oxygens (including phenoxy) is 2. The van der Waals surface area contributed by atoms with E-state index in [4.69, 9.17) is 9.47 Å². The largest absolute Gasteiger partial charge is 0.364 e. The summed E-state index contributed by atoms with van der Waals surface area (Å²) in [6.45, 7) is 3.71. The van der Waals surface area contributed by atoms with Gasteiger partial charge >= 0.3 is 0 Å². The van der Waals surface area contributed by atoms with Gasteiger partial charge in [-0.05, 0) is 28.8 Å². The van der Waals surface area contributed by atoms with Crippen LogP contribution in [0.2, 0.25) is 0 Å². The molecule has 0 saturated carbocycles. The molecule has 1 unspecified atom stereocenters. The first-order valence-electron chi connectivity index (χ1n) is 11.5. The molecule has 0 aliphatic carbocycles. The summed E-state index contributed by atoms with van der Waals surface area (Å²) in [5.41, 5.74) is 1.97. The Bertz CT molecular complexity index is 1140. The van der Waals surface area contributed by atoms with E-state index in [1.807, 2.05) is 91.0 Å². The third kappa shape index (κ3) is 5.46. The van der Waals surface area contributed by atoms with Crippen LogP contribution in [0.5, 0.6) is 0 Å². The van der Waals surface area contributed by atoms with Gasteiger partial charge in [0.05, 0.1) is 18.3 Å². The van der Waals surface area contributed by atoms with Crippen molar-refractivity contribution in [1.82, 2.24) is 0 Å². The van der Waals surface area contributed by atoms with E-state index in [1.165, 1.54) is 12.1 Å². The van der Waals surface area contributed by atoms with Crippen LogP contribution < -0.4 is 0 Å². The Balaban J connectivity index is 1.63. The second kappa shape index (κ2) is 11.5. The van der Waals surface area contributed by atoms with E-state index >= 15 is 0 Å². The quantitative estimate of drug-likeness (QED) is 0.142. The molecule has 0 aliphatic heterocycles. The third-order valence-electron chi connectivity index (χ3n) is 5.87. The lowest BCUT2D eigenvalue weighted by molar-refractivity contribution is -0.0445. The molecule has 0 saturated heterocycles. The van der Waals surface area contributed by atoms with Crippen molar-refractivity contribution in [1.29, 1.82) is 0 Å². The van der Waals surface area contributed by atoms with E-state index in [-0.39, 0.29) is 18.8 Å². The molecule has 0 fully saturated rings. The zero-order valence-corrected chi connectivity index (χ0v) is 19.3. The Morgan fingerprint density at radius 2 is 1.23 bits per heavy atom. The number of carbonyl (C=O) groups excluding carboxylic acids is 1. The molecule has 176 valence electrons. The Kier molecular flexibility index (Phi) is 7.99. The topological polar surface area (TPSA) is 35.5 Å². The standard InChI is InChI=1S/C31H27FO3/c1-2-27(34-23-30(33)28-20-12-13-21-29(28)32)22-35-31(24-14-6-3-7-15-24,25-16-8-4-9-17-25)26-18-10-5-11-19-26/h2-21,27H,1,22-23H2. The number of hydrogen-bond acceptors (Lipinski definition) is 3. The van der Waals surface area contributed by atoms with Gasteiger partial charge in [0, 0.05) is 0 Å². The minimum Gasteiger partial charge on any atom is -0.364 e. The molecule has 0 amide bonds. The average molecular weight is 467 g/mol. The van der Waals surface area contributed by atoms with Crippen LogP contribution in [0.1, 0.15) is 27.0 Å². The summed E-state index contributed by atoms with van der Waals surface area (Å²) in [5, 5.41) is 0. The smallest absolute Gasteiger partial charge is 0.191 e. The number of halogens is 1. The fourth-order valence-corrected chi connectivity index (χ4v) is 4.11. The highest BCUT2D eigenvalue weighted by atomic mass is 19.1. The van der Waals surface area contributed by atoms with Crippen molar-refractivity contribution in [3.8, 4) is 0 Å². The number of hydrogen-bond donors (Lipinski definition) is 0. The molecule has 4 aromatic rings. The molecule has 4 heteroatoms. The van der Waals surface area contributed by atoms with E-state index in [0.717, 1.165) is 16.7 Å². The van der Waals surface area contributed by atoms with Gasteiger partial charge in [-0.1, -0.05) is 109 Å². The molecule has 0 bridgehead atoms. The molecular formula is C31H27FO3. The van der Waals surface area contributed by atoms with Crippen molar-refractivity contribution in [2.45, 2.75) is 11.7 Å². The Morgan fingerprint density at radius 3 is 1.69 bits per heavy atom. The van der Waals surface area contributed by atoms with Gasteiger partial charge in [0.2, 0.25) is 0 Å². The van der Waals surface area contributed by atoms with E-state index in [1.54, 1.807) is 18.2 Å². The second-order valence-electron chi connectivity index (χ2n) is 8.08. The van der Waals surface area contributed by atoms with Gasteiger partial charge < -0.3 is 9.47 Å². The maximum Gasteiger partial charge on any atom is 0.191 e. The molecule has 1 atom stereocenters. The lowest BCUT2D eigenvalue weighted by atomic mass is 9.80. The monoisotopic (exact) mass is 466 g/mol. The van der Waals surface area contributed by atoms with Crippen LogP contribution in [-0.4, -0.2) is 25.1 Å². The fourth-order valence-electron chi connectivity index (χ4n) is 4.11. The molecule has 0 aromatic heterocycles. The Hall–Kier alpha value is -3.86. The predicted octanol–water partition coefficient (Wildman–Crippen LogP) is 6.59. The van der Waals surface area contributed by atoms with Crippen LogP contribution in [0.4, 0.5) is 4.39 Å². The zero-order chi connectivity index (χ0) is 24.5. The molecule has 0 N–H and O–H groups in total. The Morgan fingerprint density at radius 1 is 0.771 bits per heavy atom. The van der Waals surface area contributed by atoms with E-state index in [9.17, 15) is 9.18 Å². The van der Waals surface area contributed by atoms with Crippen LogP contribution >= 0.6 is 0 Å². The van der Waals surface area contributed by atoms with Crippen LogP contribution in [0.15, 0.2) is 128 Å². The van der Waals surface area contributed by atoms with Crippen LogP contribution in [0.25, 0.3) is 0 Å². The summed E-state index contributed by atoms with van der Waals surface area (Å²) >= 11 is 0. The van der Waals surface area contributed by atoms with Crippen molar-refractivity contribution in [2.75, 3.05) is 13.2 Å². The summed E-state index contributed by atoms with van der Waals surface area (Å²) in [5.74, 6) is -1.00. The van der Waals surface area contributed by atoms with E-state index in [2.05, 4.69) is 6.58 Å². The maximum absolute atomic E-state index is 14.0. The van der Waals surface area contributed by atoms with Crippen LogP contribution in [0, 0.1) is 5.82 Å². The van der Waals surface area contributed by atoms with Gasteiger partial charge in [0.25, 0.3) is 0 Å². The normalized spacial score (nSPS) is 12.1. The molecule has 0 aliphatic rings. The lowest BCUT2D eigenvalue weighted by Gasteiger charge is -2.36. The average Bonchev–Trinajstić information content (AvgIpc) is 2.92. The highest BCUT2D eigenvalue weighted by Gasteiger charge is 2.38. The number of Topliss-reactive ketones (excluding diaryl/α,β-unsaturated/α-hetero) is 1. The third-order valence-corrected chi connectivity index (χ3v) is 5.87. The fraction of sp³-hybridized carbons (Fsp3) is 0.129. The number of carbonyl (C=O) groups is 1. The molecule has 4 aromatic carbocycles. The zero-order valence-electron chi connectivity index (χ0n) is 19.3.